The third-order valence-corrected chi connectivity index (χ3v) is 15.8. The number of hydrogen-bond donors (Lipinski definition) is 6. The standard InChI is InChI=1S/C33H38N8O3.C31H36N6O3/c1-33(2)28-19-34-31(27(28)21-41(33)30(43)16-22-18-35-40(5)20-22)37-25-8-6-9-26(17-25)38-32(44)23-11-13-24(14-12-23)36-29(42)10-7-15-39(3)4;1-5-27(38)33-22-11-9-20(10-12-22)29(39)35-24-8-6-7-23(17-24)34-28-25-19-37(31(2,3)26(25)18-32-28)30(40)21-13-15-36(4)16-14-21/h6-14,17-18,20H,15-16,19,21H2,1-5H3,(H,34,37)(H,36,42)(H,38,44);5-12,17,21H,1,13-16,18-19H2,2-4H3,(H,32,34)(H,33,38)(H,35,39)/b10-7+;. The van der Waals surface area contributed by atoms with Crippen LogP contribution in [-0.2, 0) is 32.6 Å². The molecule has 4 aromatic carbocycles. The van der Waals surface area contributed by atoms with Crippen LogP contribution in [-0.4, -0.2) is 155 Å². The van der Waals surface area contributed by atoms with Crippen LogP contribution < -0.4 is 31.9 Å². The molecular weight excluding hydrogens is 1060 g/mol. The largest absolute Gasteiger partial charge is 0.340 e. The summed E-state index contributed by atoms with van der Waals surface area (Å²) in [4.78, 5) is 93.8. The molecule has 1 saturated heterocycles. The third kappa shape index (κ3) is 14.0. The van der Waals surface area contributed by atoms with Crippen LogP contribution in [0, 0.1) is 5.92 Å². The Morgan fingerprint density at radius 3 is 1.62 bits per heavy atom. The van der Waals surface area contributed by atoms with Crippen molar-refractivity contribution in [2.24, 2.45) is 23.0 Å². The number of benzene rings is 4. The van der Waals surface area contributed by atoms with Gasteiger partial charge in [-0.15, -0.1) is 0 Å². The van der Waals surface area contributed by atoms with E-state index in [1.165, 1.54) is 17.7 Å². The summed E-state index contributed by atoms with van der Waals surface area (Å²) in [5, 5.41) is 22.3. The summed E-state index contributed by atoms with van der Waals surface area (Å²) in [5.41, 5.74) is 9.45. The van der Waals surface area contributed by atoms with Gasteiger partial charge < -0.3 is 51.5 Å². The first-order chi connectivity index (χ1) is 40.1. The van der Waals surface area contributed by atoms with Gasteiger partial charge in [-0.2, -0.15) is 5.10 Å². The van der Waals surface area contributed by atoms with Crippen molar-refractivity contribution in [3.8, 4) is 0 Å². The van der Waals surface area contributed by atoms with Gasteiger partial charge in [0.1, 0.15) is 11.7 Å². The van der Waals surface area contributed by atoms with E-state index in [4.69, 9.17) is 9.98 Å². The maximum absolute atomic E-state index is 13.5. The fourth-order valence-corrected chi connectivity index (χ4v) is 11.0. The summed E-state index contributed by atoms with van der Waals surface area (Å²) >= 11 is 0. The first-order valence-electron chi connectivity index (χ1n) is 28.1. The molecule has 0 aliphatic carbocycles. The van der Waals surface area contributed by atoms with E-state index in [2.05, 4.69) is 83.2 Å². The highest BCUT2D eigenvalue weighted by atomic mass is 16.2. The molecule has 5 aliphatic heterocycles. The number of nitrogens with zero attached hydrogens (tertiary/aromatic N) is 8. The molecule has 1 fully saturated rings. The second-order valence-corrected chi connectivity index (χ2v) is 22.9. The van der Waals surface area contributed by atoms with Crippen molar-refractivity contribution in [1.82, 2.24) is 29.4 Å². The monoisotopic (exact) mass is 1130 g/mol. The summed E-state index contributed by atoms with van der Waals surface area (Å²) in [6.07, 6.45) is 10.2. The number of nitrogens with one attached hydrogen (secondary N) is 6. The van der Waals surface area contributed by atoms with Crippen LogP contribution in [0.1, 0.15) is 66.8 Å². The van der Waals surface area contributed by atoms with Crippen LogP contribution in [0.15, 0.2) is 167 Å². The van der Waals surface area contributed by atoms with Crippen molar-refractivity contribution in [2.45, 2.75) is 58.0 Å². The molecule has 20 heteroatoms. The molecular formula is C64H74N14O6. The molecule has 6 N–H and O–H groups in total. The number of carbonyl (C=O) groups excluding carboxylic acids is 6. The molecule has 84 heavy (non-hydrogen) atoms. The van der Waals surface area contributed by atoms with Crippen LogP contribution in [0.25, 0.3) is 0 Å². The molecule has 6 heterocycles. The molecule has 1 aromatic heterocycles. The van der Waals surface area contributed by atoms with Gasteiger partial charge >= 0.3 is 0 Å². The minimum atomic E-state index is -0.446. The van der Waals surface area contributed by atoms with Crippen LogP contribution in [0.5, 0.6) is 0 Å². The van der Waals surface area contributed by atoms with Gasteiger partial charge in [-0.1, -0.05) is 24.8 Å². The second kappa shape index (κ2) is 25.5. The van der Waals surface area contributed by atoms with E-state index >= 15 is 0 Å². The van der Waals surface area contributed by atoms with Crippen LogP contribution in [0.2, 0.25) is 0 Å². The fourth-order valence-electron chi connectivity index (χ4n) is 11.0. The Hall–Kier alpha value is -9.27. The van der Waals surface area contributed by atoms with Gasteiger partial charge in [-0.3, -0.25) is 43.4 Å². The Morgan fingerprint density at radius 2 is 1.13 bits per heavy atom. The van der Waals surface area contributed by atoms with Crippen LogP contribution >= 0.6 is 0 Å². The van der Waals surface area contributed by atoms with Gasteiger partial charge in [0, 0.05) is 88.2 Å². The number of likely N-dealkylation sites (tertiary alicyclic amines) is 1. The molecule has 0 bridgehead atoms. The van der Waals surface area contributed by atoms with Crippen molar-refractivity contribution in [1.29, 1.82) is 0 Å². The Morgan fingerprint density at radius 1 is 0.643 bits per heavy atom. The molecule has 0 saturated carbocycles. The van der Waals surface area contributed by atoms with E-state index < -0.39 is 5.54 Å². The molecule has 5 aromatic rings. The summed E-state index contributed by atoms with van der Waals surface area (Å²) in [5.74, 6) is 0.816. The summed E-state index contributed by atoms with van der Waals surface area (Å²) in [6, 6.07) is 28.3. The minimum Gasteiger partial charge on any atom is -0.340 e. The minimum absolute atomic E-state index is 0.0497. The molecule has 6 amide bonds. The summed E-state index contributed by atoms with van der Waals surface area (Å²) in [6.45, 7) is 16.5. The van der Waals surface area contributed by atoms with Gasteiger partial charge in [0.15, 0.2) is 0 Å². The molecule has 436 valence electrons. The number of rotatable bonds is 15. The Kier molecular flexibility index (Phi) is 18.0. The van der Waals surface area contributed by atoms with Gasteiger partial charge in [-0.05, 0) is 182 Å². The summed E-state index contributed by atoms with van der Waals surface area (Å²) in [7, 11) is 7.80. The highest BCUT2D eigenvalue weighted by molar-refractivity contribution is 6.13. The van der Waals surface area contributed by atoms with Gasteiger partial charge in [0.25, 0.3) is 11.8 Å². The summed E-state index contributed by atoms with van der Waals surface area (Å²) < 4.78 is 1.70. The number of hydrogen-bond acceptors (Lipinski definition) is 13. The lowest BCUT2D eigenvalue weighted by Crippen LogP contribution is -2.50. The smallest absolute Gasteiger partial charge is 0.255 e. The lowest BCUT2D eigenvalue weighted by Gasteiger charge is -2.38. The predicted octanol–water partition coefficient (Wildman–Crippen LogP) is 7.86. The number of carbonyl (C=O) groups is 6. The number of amidine groups is 2. The normalized spacial score (nSPS) is 17.0. The van der Waals surface area contributed by atoms with E-state index in [9.17, 15) is 28.8 Å². The second-order valence-electron chi connectivity index (χ2n) is 22.9. The van der Waals surface area contributed by atoms with Crippen molar-refractivity contribution < 1.29 is 28.8 Å². The Labute approximate surface area is 490 Å². The number of aryl methyl sites for hydroxylation is 1. The third-order valence-electron chi connectivity index (χ3n) is 15.8. The zero-order valence-electron chi connectivity index (χ0n) is 49.0. The number of aromatic nitrogens is 2. The quantitative estimate of drug-likeness (QED) is 0.0553. The zero-order chi connectivity index (χ0) is 59.9. The highest BCUT2D eigenvalue weighted by Crippen LogP contribution is 2.41. The topological polar surface area (TPSA) is 230 Å². The predicted molar refractivity (Wildman–Crippen MR) is 331 cm³/mol. The van der Waals surface area contributed by atoms with Crippen molar-refractivity contribution in [2.75, 3.05) is 98.9 Å². The first-order valence-corrected chi connectivity index (χ1v) is 28.1. The van der Waals surface area contributed by atoms with E-state index in [1.54, 1.807) is 65.5 Å². The van der Waals surface area contributed by atoms with Crippen molar-refractivity contribution in [3.05, 3.63) is 173 Å². The first kappa shape index (κ1) is 59.4. The number of amides is 6. The lowest BCUT2D eigenvalue weighted by atomic mass is 9.90. The van der Waals surface area contributed by atoms with E-state index in [1.807, 2.05) is 90.6 Å². The average molecular weight is 1140 g/mol. The van der Waals surface area contributed by atoms with Crippen LogP contribution in [0.3, 0.4) is 0 Å². The lowest BCUT2D eigenvalue weighted by molar-refractivity contribution is -0.140. The Bertz CT molecular complexity index is 3520. The molecule has 0 unspecified atom stereocenters. The number of likely N-dealkylation sites (N-methyl/N-ethyl adjacent to an activating group) is 1. The average Bonchev–Trinajstić information content (AvgIpc) is 1.71. The zero-order valence-corrected chi connectivity index (χ0v) is 49.0. The van der Waals surface area contributed by atoms with E-state index in [-0.39, 0.29) is 46.9 Å². The van der Waals surface area contributed by atoms with Crippen molar-refractivity contribution in [3.63, 3.8) is 0 Å². The van der Waals surface area contributed by atoms with E-state index in [0.717, 1.165) is 71.3 Å². The maximum atomic E-state index is 13.5. The van der Waals surface area contributed by atoms with Gasteiger partial charge in [0.2, 0.25) is 23.6 Å². The molecule has 5 aliphatic rings. The Balaban J connectivity index is 0.000000202. The van der Waals surface area contributed by atoms with Crippen LogP contribution in [0.4, 0.5) is 34.1 Å². The maximum Gasteiger partial charge on any atom is 0.255 e. The highest BCUT2D eigenvalue weighted by Gasteiger charge is 2.47. The molecule has 0 spiro atoms. The molecule has 0 radical (unpaired) electrons. The number of piperidine rings is 1. The SMILES string of the molecule is C=CC(=O)Nc1ccc(C(=O)Nc2cccc(NC3=NCC4=C3CN(C(=O)C3CCN(C)CC3)C4(C)C)c2)cc1.CN(C)C/C=C/C(=O)Nc1ccc(C(=O)Nc2cccc(NC3=NCC4=C3CN(C(=O)Cc3cnn(C)c3)C4(C)C)c2)cc1. The van der Waals surface area contributed by atoms with E-state index in [0.29, 0.717) is 73.0 Å². The van der Waals surface area contributed by atoms with Crippen molar-refractivity contribution >= 4 is 81.2 Å². The van der Waals surface area contributed by atoms with Gasteiger partial charge in [-0.25, -0.2) is 0 Å². The number of aliphatic imine (C=N–C) groups is 2. The molecule has 20 nitrogen and oxygen atoms in total. The fraction of sp³-hybridized carbons (Fsp3) is 0.328. The van der Waals surface area contributed by atoms with Gasteiger partial charge in [0.05, 0.1) is 49.9 Å². The number of anilines is 6. The molecule has 0 atom stereocenters. The molecule has 10 rings (SSSR count).